The summed E-state index contributed by atoms with van der Waals surface area (Å²) in [4.78, 5) is 10.9. The predicted molar refractivity (Wildman–Crippen MR) is 54.1 cm³/mol. The minimum Gasteiger partial charge on any atom is -0.479 e. The quantitative estimate of drug-likeness (QED) is 0.684. The van der Waals surface area contributed by atoms with Crippen molar-refractivity contribution >= 4 is 5.97 Å². The van der Waals surface area contributed by atoms with Crippen LogP contribution in [0.4, 0.5) is 0 Å². The van der Waals surface area contributed by atoms with E-state index in [2.05, 4.69) is 6.58 Å². The van der Waals surface area contributed by atoms with Crippen LogP contribution in [0.1, 0.15) is 19.3 Å². The maximum Gasteiger partial charge on any atom is 0.333 e. The number of hydrogen-bond donors (Lipinski definition) is 1. The molecule has 2 atom stereocenters. The van der Waals surface area contributed by atoms with E-state index in [1.807, 2.05) is 12.2 Å². The van der Waals surface area contributed by atoms with Gasteiger partial charge in [-0.1, -0.05) is 18.2 Å². The molecule has 1 rings (SSSR count). The first-order valence-electron chi connectivity index (χ1n) is 4.87. The SMILES string of the molecule is C=CCOC(C(=O)O)C1C=CCCC1. The van der Waals surface area contributed by atoms with Gasteiger partial charge in [-0.25, -0.2) is 4.79 Å². The highest BCUT2D eigenvalue weighted by Gasteiger charge is 2.27. The van der Waals surface area contributed by atoms with E-state index < -0.39 is 12.1 Å². The largest absolute Gasteiger partial charge is 0.479 e. The van der Waals surface area contributed by atoms with Crippen LogP contribution >= 0.6 is 0 Å². The van der Waals surface area contributed by atoms with E-state index in [1.54, 1.807) is 6.08 Å². The third kappa shape index (κ3) is 3.00. The Bertz CT molecular complexity index is 233. The van der Waals surface area contributed by atoms with Crippen LogP contribution in [0.5, 0.6) is 0 Å². The molecule has 3 nitrogen and oxygen atoms in total. The Morgan fingerprint density at radius 3 is 3.07 bits per heavy atom. The van der Waals surface area contributed by atoms with Gasteiger partial charge in [-0.3, -0.25) is 0 Å². The average Bonchev–Trinajstić information content (AvgIpc) is 2.19. The summed E-state index contributed by atoms with van der Waals surface area (Å²) in [5.41, 5.74) is 0. The van der Waals surface area contributed by atoms with Crippen LogP contribution in [0.15, 0.2) is 24.8 Å². The number of aliphatic carboxylic acids is 1. The second kappa shape index (κ2) is 5.60. The smallest absolute Gasteiger partial charge is 0.333 e. The number of carboxylic acids is 1. The van der Waals surface area contributed by atoms with E-state index >= 15 is 0 Å². The molecule has 78 valence electrons. The molecule has 0 fully saturated rings. The summed E-state index contributed by atoms with van der Waals surface area (Å²) in [5, 5.41) is 8.96. The third-order valence-corrected chi connectivity index (χ3v) is 2.32. The Balaban J connectivity index is 2.56. The van der Waals surface area contributed by atoms with Gasteiger partial charge in [0, 0.05) is 5.92 Å². The minimum atomic E-state index is -0.886. The molecule has 0 aromatic heterocycles. The Morgan fingerprint density at radius 2 is 2.57 bits per heavy atom. The second-order valence-electron chi connectivity index (χ2n) is 3.40. The van der Waals surface area contributed by atoms with E-state index in [0.29, 0.717) is 6.61 Å². The molecular formula is C11H16O3. The number of carbonyl (C=O) groups is 1. The van der Waals surface area contributed by atoms with Gasteiger partial charge >= 0.3 is 5.97 Å². The van der Waals surface area contributed by atoms with Gasteiger partial charge in [0.05, 0.1) is 6.61 Å². The molecule has 2 unspecified atom stereocenters. The first-order valence-corrected chi connectivity index (χ1v) is 4.87. The molecule has 0 aliphatic heterocycles. The Morgan fingerprint density at radius 1 is 1.79 bits per heavy atom. The number of hydrogen-bond acceptors (Lipinski definition) is 2. The molecule has 1 aliphatic rings. The Hall–Kier alpha value is -1.09. The highest BCUT2D eigenvalue weighted by atomic mass is 16.5. The highest BCUT2D eigenvalue weighted by molar-refractivity contribution is 5.73. The monoisotopic (exact) mass is 196 g/mol. The summed E-state index contributed by atoms with van der Waals surface area (Å²) >= 11 is 0. The van der Waals surface area contributed by atoms with E-state index in [-0.39, 0.29) is 5.92 Å². The van der Waals surface area contributed by atoms with Crippen molar-refractivity contribution in [3.8, 4) is 0 Å². The topological polar surface area (TPSA) is 46.5 Å². The molecule has 0 saturated carbocycles. The van der Waals surface area contributed by atoms with Crippen LogP contribution in [0.3, 0.4) is 0 Å². The molecule has 0 aromatic carbocycles. The molecule has 0 amide bonds. The van der Waals surface area contributed by atoms with Crippen molar-refractivity contribution in [2.24, 2.45) is 5.92 Å². The fourth-order valence-corrected chi connectivity index (χ4v) is 1.64. The van der Waals surface area contributed by atoms with Gasteiger partial charge in [-0.05, 0) is 19.3 Å². The van der Waals surface area contributed by atoms with Crippen molar-refractivity contribution in [3.05, 3.63) is 24.8 Å². The van der Waals surface area contributed by atoms with Crippen molar-refractivity contribution in [1.82, 2.24) is 0 Å². The zero-order chi connectivity index (χ0) is 10.4. The third-order valence-electron chi connectivity index (χ3n) is 2.32. The first kappa shape index (κ1) is 11.0. The van der Waals surface area contributed by atoms with Gasteiger partial charge in [0.2, 0.25) is 0 Å². The maximum absolute atomic E-state index is 10.9. The number of ether oxygens (including phenoxy) is 1. The van der Waals surface area contributed by atoms with Gasteiger partial charge < -0.3 is 9.84 Å². The van der Waals surface area contributed by atoms with Gasteiger partial charge in [0.1, 0.15) is 0 Å². The molecule has 3 heteroatoms. The maximum atomic E-state index is 10.9. The summed E-state index contributed by atoms with van der Waals surface area (Å²) in [5.74, 6) is -0.871. The van der Waals surface area contributed by atoms with E-state index in [0.717, 1.165) is 19.3 Å². The number of allylic oxidation sites excluding steroid dienone is 1. The van der Waals surface area contributed by atoms with Crippen LogP contribution in [-0.2, 0) is 9.53 Å². The summed E-state index contributed by atoms with van der Waals surface area (Å²) in [7, 11) is 0. The standard InChI is InChI=1S/C11H16O3/c1-2-8-14-10(11(12)13)9-6-4-3-5-7-9/h2,4,6,9-10H,1,3,5,7-8H2,(H,12,13). The summed E-state index contributed by atoms with van der Waals surface area (Å²) in [6.07, 6.45) is 7.82. The average molecular weight is 196 g/mol. The Kier molecular flexibility index (Phi) is 4.40. The highest BCUT2D eigenvalue weighted by Crippen LogP contribution is 2.22. The van der Waals surface area contributed by atoms with Crippen LogP contribution in [0.2, 0.25) is 0 Å². The number of rotatable bonds is 5. The summed E-state index contributed by atoms with van der Waals surface area (Å²) < 4.78 is 5.22. The van der Waals surface area contributed by atoms with Gasteiger partial charge in [0.15, 0.2) is 6.10 Å². The molecule has 1 aliphatic carbocycles. The molecule has 0 saturated heterocycles. The Labute approximate surface area is 84.1 Å². The second-order valence-corrected chi connectivity index (χ2v) is 3.40. The minimum absolute atomic E-state index is 0.0150. The number of carboxylic acid groups (broad SMARTS) is 1. The summed E-state index contributed by atoms with van der Waals surface area (Å²) in [6.45, 7) is 3.79. The zero-order valence-electron chi connectivity index (χ0n) is 8.19. The van der Waals surface area contributed by atoms with E-state index in [4.69, 9.17) is 9.84 Å². The lowest BCUT2D eigenvalue weighted by Gasteiger charge is -2.23. The van der Waals surface area contributed by atoms with Crippen molar-refractivity contribution in [3.63, 3.8) is 0 Å². The van der Waals surface area contributed by atoms with E-state index in [1.165, 1.54) is 0 Å². The lowest BCUT2D eigenvalue weighted by atomic mass is 9.91. The van der Waals surface area contributed by atoms with Gasteiger partial charge in [0.25, 0.3) is 0 Å². The van der Waals surface area contributed by atoms with Crippen molar-refractivity contribution in [1.29, 1.82) is 0 Å². The molecule has 0 aromatic rings. The van der Waals surface area contributed by atoms with Crippen molar-refractivity contribution in [2.75, 3.05) is 6.61 Å². The zero-order valence-corrected chi connectivity index (χ0v) is 8.19. The lowest BCUT2D eigenvalue weighted by molar-refractivity contribution is -0.152. The fraction of sp³-hybridized carbons (Fsp3) is 0.545. The van der Waals surface area contributed by atoms with Crippen molar-refractivity contribution in [2.45, 2.75) is 25.4 Å². The molecule has 0 spiro atoms. The molecule has 0 radical (unpaired) electrons. The molecule has 1 N–H and O–H groups in total. The molecular weight excluding hydrogens is 180 g/mol. The molecule has 0 bridgehead atoms. The van der Waals surface area contributed by atoms with Gasteiger partial charge in [-0.15, -0.1) is 6.58 Å². The molecule has 0 heterocycles. The van der Waals surface area contributed by atoms with Crippen LogP contribution in [-0.4, -0.2) is 23.8 Å². The first-order chi connectivity index (χ1) is 6.75. The van der Waals surface area contributed by atoms with Crippen LogP contribution in [0.25, 0.3) is 0 Å². The molecule has 14 heavy (non-hydrogen) atoms. The van der Waals surface area contributed by atoms with E-state index in [9.17, 15) is 4.79 Å². The normalized spacial score (nSPS) is 23.0. The summed E-state index contributed by atoms with van der Waals surface area (Å²) in [6, 6.07) is 0. The lowest BCUT2D eigenvalue weighted by Crippen LogP contribution is -2.32. The van der Waals surface area contributed by atoms with Crippen LogP contribution < -0.4 is 0 Å². The van der Waals surface area contributed by atoms with Gasteiger partial charge in [-0.2, -0.15) is 0 Å². The van der Waals surface area contributed by atoms with Crippen molar-refractivity contribution < 1.29 is 14.6 Å². The predicted octanol–water partition coefficient (Wildman–Crippen LogP) is 2.00. The van der Waals surface area contributed by atoms with Crippen LogP contribution in [0, 0.1) is 5.92 Å². The fourth-order valence-electron chi connectivity index (χ4n) is 1.64.